The highest BCUT2D eigenvalue weighted by Crippen LogP contribution is 2.19. The molecular weight excluding hydrogens is 348 g/mol. The van der Waals surface area contributed by atoms with Crippen LogP contribution in [0.3, 0.4) is 0 Å². The van der Waals surface area contributed by atoms with Crippen molar-refractivity contribution in [1.29, 1.82) is 0 Å². The van der Waals surface area contributed by atoms with Crippen LogP contribution in [0.1, 0.15) is 18.2 Å². The van der Waals surface area contributed by atoms with Crippen LogP contribution < -0.4 is 5.43 Å². The summed E-state index contributed by atoms with van der Waals surface area (Å²) >= 11 is 1.39. The molecule has 1 aromatic carbocycles. The molecule has 0 saturated carbocycles. The number of carbonyl (C=O) groups excluding carboxylic acids is 1. The van der Waals surface area contributed by atoms with Crippen LogP contribution >= 0.6 is 11.3 Å². The highest BCUT2D eigenvalue weighted by molar-refractivity contribution is 7.13. The van der Waals surface area contributed by atoms with E-state index < -0.39 is 0 Å². The van der Waals surface area contributed by atoms with Gasteiger partial charge in [0.2, 0.25) is 5.13 Å². The van der Waals surface area contributed by atoms with Crippen molar-refractivity contribution in [2.24, 2.45) is 5.10 Å². The first kappa shape index (κ1) is 17.8. The third-order valence-corrected chi connectivity index (χ3v) is 4.23. The number of hydrogen-bond donors (Lipinski definition) is 1. The van der Waals surface area contributed by atoms with E-state index in [1.54, 1.807) is 19.3 Å². The van der Waals surface area contributed by atoms with Gasteiger partial charge < -0.3 is 4.74 Å². The van der Waals surface area contributed by atoms with Gasteiger partial charge in [-0.25, -0.2) is 4.98 Å². The summed E-state index contributed by atoms with van der Waals surface area (Å²) in [6.07, 6.45) is 5.48. The van der Waals surface area contributed by atoms with Crippen LogP contribution in [0.25, 0.3) is 11.1 Å². The number of thiazole rings is 1. The first-order valence-electron chi connectivity index (χ1n) is 8.14. The molecule has 0 spiro atoms. The molecule has 0 unspecified atom stereocenters. The number of esters is 1. The molecule has 6 nitrogen and oxygen atoms in total. The van der Waals surface area contributed by atoms with E-state index in [9.17, 15) is 4.79 Å². The summed E-state index contributed by atoms with van der Waals surface area (Å²) in [5.74, 6) is -0.278. The Morgan fingerprint density at radius 2 is 2.19 bits per heavy atom. The number of nitrogens with one attached hydrogen (secondary N) is 1. The van der Waals surface area contributed by atoms with Gasteiger partial charge in [0.05, 0.1) is 24.9 Å². The average Bonchev–Trinajstić information content (AvgIpc) is 3.10. The number of hydrazone groups is 1. The van der Waals surface area contributed by atoms with Crippen LogP contribution in [-0.2, 0) is 16.0 Å². The summed E-state index contributed by atoms with van der Waals surface area (Å²) < 4.78 is 4.91. The Kier molecular flexibility index (Phi) is 6.05. The van der Waals surface area contributed by atoms with Crippen LogP contribution in [0, 0.1) is 0 Å². The SMILES string of the molecule is CCOC(=O)Cc1csc(NN=Cc2cccc(-c3cccnc3)c2)n1. The van der Waals surface area contributed by atoms with Gasteiger partial charge in [-0.1, -0.05) is 24.3 Å². The molecule has 0 atom stereocenters. The molecule has 0 amide bonds. The zero-order valence-electron chi connectivity index (χ0n) is 14.3. The molecule has 1 N–H and O–H groups in total. The number of nitrogens with zero attached hydrogens (tertiary/aromatic N) is 3. The van der Waals surface area contributed by atoms with Gasteiger partial charge in [0.15, 0.2) is 0 Å². The second-order valence-corrected chi connectivity index (χ2v) is 6.22. The number of aromatic nitrogens is 2. The van der Waals surface area contributed by atoms with E-state index in [0.717, 1.165) is 16.7 Å². The van der Waals surface area contributed by atoms with Crippen molar-refractivity contribution in [3.63, 3.8) is 0 Å². The zero-order chi connectivity index (χ0) is 18.2. The van der Waals surface area contributed by atoms with Gasteiger partial charge in [0.1, 0.15) is 0 Å². The fourth-order valence-electron chi connectivity index (χ4n) is 2.29. The number of anilines is 1. The summed E-state index contributed by atoms with van der Waals surface area (Å²) in [5.41, 5.74) is 6.65. The monoisotopic (exact) mass is 366 g/mol. The van der Waals surface area contributed by atoms with Gasteiger partial charge in [-0.15, -0.1) is 11.3 Å². The maximum Gasteiger partial charge on any atom is 0.311 e. The maximum absolute atomic E-state index is 11.5. The van der Waals surface area contributed by atoms with Crippen molar-refractivity contribution in [3.05, 3.63) is 65.4 Å². The Morgan fingerprint density at radius 1 is 1.31 bits per heavy atom. The molecule has 7 heteroatoms. The van der Waals surface area contributed by atoms with Crippen molar-refractivity contribution >= 4 is 28.7 Å². The van der Waals surface area contributed by atoms with Crippen LogP contribution in [0.15, 0.2) is 59.3 Å². The molecule has 2 aromatic heterocycles. The summed E-state index contributed by atoms with van der Waals surface area (Å²) in [5, 5.41) is 6.66. The van der Waals surface area contributed by atoms with E-state index in [2.05, 4.69) is 20.5 Å². The van der Waals surface area contributed by atoms with Gasteiger partial charge in [-0.3, -0.25) is 15.2 Å². The van der Waals surface area contributed by atoms with Crippen molar-refractivity contribution in [2.75, 3.05) is 12.0 Å². The number of pyridine rings is 1. The number of benzene rings is 1. The van der Waals surface area contributed by atoms with E-state index in [1.165, 1.54) is 11.3 Å². The quantitative estimate of drug-likeness (QED) is 0.391. The Hall–Kier alpha value is -3.06. The number of hydrogen-bond acceptors (Lipinski definition) is 7. The molecule has 2 heterocycles. The summed E-state index contributed by atoms with van der Waals surface area (Å²) in [6.45, 7) is 2.15. The second-order valence-electron chi connectivity index (χ2n) is 5.36. The smallest absolute Gasteiger partial charge is 0.311 e. The number of rotatable bonds is 7. The first-order chi connectivity index (χ1) is 12.7. The summed E-state index contributed by atoms with van der Waals surface area (Å²) in [6, 6.07) is 11.9. The highest BCUT2D eigenvalue weighted by atomic mass is 32.1. The third-order valence-electron chi connectivity index (χ3n) is 3.44. The second kappa shape index (κ2) is 8.87. The maximum atomic E-state index is 11.5. The molecule has 0 fully saturated rings. The molecule has 26 heavy (non-hydrogen) atoms. The Labute approximate surface area is 155 Å². The zero-order valence-corrected chi connectivity index (χ0v) is 15.1. The van der Waals surface area contributed by atoms with Crippen molar-refractivity contribution in [1.82, 2.24) is 9.97 Å². The minimum atomic E-state index is -0.278. The number of carbonyl (C=O) groups is 1. The van der Waals surface area contributed by atoms with E-state index in [-0.39, 0.29) is 12.4 Å². The lowest BCUT2D eigenvalue weighted by Crippen LogP contribution is -2.07. The lowest BCUT2D eigenvalue weighted by atomic mass is 10.1. The Morgan fingerprint density at radius 3 is 3.00 bits per heavy atom. The fourth-order valence-corrected chi connectivity index (χ4v) is 2.95. The molecule has 0 aliphatic carbocycles. The third kappa shape index (κ3) is 4.97. The molecule has 3 aromatic rings. The molecule has 0 saturated heterocycles. The van der Waals surface area contributed by atoms with E-state index in [1.807, 2.05) is 48.0 Å². The Bertz CT molecular complexity index is 893. The fraction of sp³-hybridized carbons (Fsp3) is 0.158. The van der Waals surface area contributed by atoms with E-state index >= 15 is 0 Å². The molecular formula is C19H18N4O2S. The summed E-state index contributed by atoms with van der Waals surface area (Å²) in [4.78, 5) is 19.9. The van der Waals surface area contributed by atoms with Crippen molar-refractivity contribution in [2.45, 2.75) is 13.3 Å². The van der Waals surface area contributed by atoms with Crippen LogP contribution in [0.4, 0.5) is 5.13 Å². The van der Waals surface area contributed by atoms with Gasteiger partial charge in [-0.2, -0.15) is 5.10 Å². The summed E-state index contributed by atoms with van der Waals surface area (Å²) in [7, 11) is 0. The molecule has 0 aliphatic rings. The molecule has 132 valence electrons. The topological polar surface area (TPSA) is 76.5 Å². The molecule has 0 bridgehead atoms. The molecule has 3 rings (SSSR count). The standard InChI is InChI=1S/C19H18N4O2S/c1-2-25-18(24)10-17-13-26-19(22-17)23-21-11-14-5-3-6-15(9-14)16-7-4-8-20-12-16/h3-9,11-13H,2,10H2,1H3,(H,22,23). The predicted molar refractivity (Wildman–Crippen MR) is 103 cm³/mol. The van der Waals surface area contributed by atoms with E-state index in [0.29, 0.717) is 17.4 Å². The number of ether oxygens (including phenoxy) is 1. The first-order valence-corrected chi connectivity index (χ1v) is 9.02. The van der Waals surface area contributed by atoms with Gasteiger partial charge >= 0.3 is 5.97 Å². The van der Waals surface area contributed by atoms with Gasteiger partial charge in [0.25, 0.3) is 0 Å². The average molecular weight is 366 g/mol. The predicted octanol–water partition coefficient (Wildman–Crippen LogP) is 3.76. The van der Waals surface area contributed by atoms with Crippen LogP contribution in [-0.4, -0.2) is 28.8 Å². The van der Waals surface area contributed by atoms with Crippen LogP contribution in [0.5, 0.6) is 0 Å². The lowest BCUT2D eigenvalue weighted by Gasteiger charge is -2.02. The lowest BCUT2D eigenvalue weighted by molar-refractivity contribution is -0.142. The van der Waals surface area contributed by atoms with Gasteiger partial charge in [0, 0.05) is 23.3 Å². The molecule has 0 radical (unpaired) electrons. The Balaban J connectivity index is 1.61. The highest BCUT2D eigenvalue weighted by Gasteiger charge is 2.07. The van der Waals surface area contributed by atoms with Crippen molar-refractivity contribution in [3.8, 4) is 11.1 Å². The minimum Gasteiger partial charge on any atom is -0.466 e. The van der Waals surface area contributed by atoms with Gasteiger partial charge in [-0.05, 0) is 30.2 Å². The minimum absolute atomic E-state index is 0.170. The molecule has 0 aliphatic heterocycles. The van der Waals surface area contributed by atoms with Crippen molar-refractivity contribution < 1.29 is 9.53 Å². The van der Waals surface area contributed by atoms with E-state index in [4.69, 9.17) is 4.74 Å². The normalized spacial score (nSPS) is 10.8. The van der Waals surface area contributed by atoms with Crippen LogP contribution in [0.2, 0.25) is 0 Å². The largest absolute Gasteiger partial charge is 0.466 e.